The van der Waals surface area contributed by atoms with Gasteiger partial charge in [-0.1, -0.05) is 11.6 Å². The molecule has 0 fully saturated rings. The number of ether oxygens (including phenoxy) is 1. The highest BCUT2D eigenvalue weighted by Crippen LogP contribution is 2.31. The maximum atomic E-state index is 11.4. The number of hydrogen-bond acceptors (Lipinski definition) is 4. The molecule has 0 saturated carbocycles. The van der Waals surface area contributed by atoms with Gasteiger partial charge in [0, 0.05) is 11.9 Å². The molecule has 0 saturated heterocycles. The van der Waals surface area contributed by atoms with Crippen molar-refractivity contribution < 1.29 is 14.5 Å². The molecule has 0 bridgehead atoms. The van der Waals surface area contributed by atoms with Crippen molar-refractivity contribution >= 4 is 34.9 Å². The van der Waals surface area contributed by atoms with E-state index in [0.717, 1.165) is 7.11 Å². The second kappa shape index (κ2) is 5.14. The first-order valence-electron chi connectivity index (χ1n) is 4.13. The van der Waals surface area contributed by atoms with Gasteiger partial charge in [0.15, 0.2) is 5.56 Å². The summed E-state index contributed by atoms with van der Waals surface area (Å²) in [6.07, 6.45) is 0. The minimum Gasteiger partial charge on any atom is -0.465 e. The smallest absolute Gasteiger partial charge is 0.346 e. The molecule has 0 amide bonds. The van der Waals surface area contributed by atoms with Gasteiger partial charge in [0.05, 0.1) is 17.1 Å². The largest absolute Gasteiger partial charge is 0.465 e. The van der Waals surface area contributed by atoms with Gasteiger partial charge in [0.2, 0.25) is 0 Å². The SMILES string of the molecule is COC(=O)c1c([N+](=O)[O-])ccc(CCl)c1Cl. The first-order chi connectivity index (χ1) is 7.52. The molecule has 5 nitrogen and oxygen atoms in total. The van der Waals surface area contributed by atoms with Crippen molar-refractivity contribution in [3.05, 3.63) is 38.4 Å². The molecule has 0 spiro atoms. The van der Waals surface area contributed by atoms with Crippen LogP contribution in [-0.4, -0.2) is 18.0 Å². The van der Waals surface area contributed by atoms with E-state index >= 15 is 0 Å². The third-order valence-electron chi connectivity index (χ3n) is 1.93. The normalized spacial score (nSPS) is 9.94. The fourth-order valence-corrected chi connectivity index (χ4v) is 1.76. The summed E-state index contributed by atoms with van der Waals surface area (Å²) < 4.78 is 4.44. The summed E-state index contributed by atoms with van der Waals surface area (Å²) in [5.41, 5.74) is -0.229. The van der Waals surface area contributed by atoms with Crippen molar-refractivity contribution in [3.63, 3.8) is 0 Å². The van der Waals surface area contributed by atoms with E-state index in [1.807, 2.05) is 0 Å². The Hall–Kier alpha value is -1.33. The van der Waals surface area contributed by atoms with Crippen molar-refractivity contribution in [2.75, 3.05) is 7.11 Å². The number of nitrogens with zero attached hydrogens (tertiary/aromatic N) is 1. The predicted molar refractivity (Wildman–Crippen MR) is 59.0 cm³/mol. The zero-order chi connectivity index (χ0) is 12.3. The Morgan fingerprint density at radius 2 is 2.19 bits per heavy atom. The Kier molecular flexibility index (Phi) is 4.09. The number of carbonyl (C=O) groups is 1. The minimum atomic E-state index is -0.858. The van der Waals surface area contributed by atoms with Crippen LogP contribution in [0.5, 0.6) is 0 Å². The molecule has 0 aliphatic rings. The Morgan fingerprint density at radius 3 is 2.62 bits per heavy atom. The zero-order valence-electron chi connectivity index (χ0n) is 8.20. The summed E-state index contributed by atoms with van der Waals surface area (Å²) >= 11 is 11.4. The van der Waals surface area contributed by atoms with Gasteiger partial charge in [0.25, 0.3) is 5.69 Å². The van der Waals surface area contributed by atoms with Crippen LogP contribution in [0.4, 0.5) is 5.69 Å². The average molecular weight is 264 g/mol. The van der Waals surface area contributed by atoms with Crippen molar-refractivity contribution in [2.45, 2.75) is 5.88 Å². The van der Waals surface area contributed by atoms with Crippen LogP contribution in [0.15, 0.2) is 12.1 Å². The van der Waals surface area contributed by atoms with Crippen LogP contribution in [0, 0.1) is 10.1 Å². The summed E-state index contributed by atoms with van der Waals surface area (Å²) in [7, 11) is 1.12. The van der Waals surface area contributed by atoms with Crippen LogP contribution in [0.25, 0.3) is 0 Å². The molecular weight excluding hydrogens is 257 g/mol. The number of nitro benzene ring substituents is 1. The molecule has 86 valence electrons. The Morgan fingerprint density at radius 1 is 1.56 bits per heavy atom. The number of hydrogen-bond donors (Lipinski definition) is 0. The number of esters is 1. The van der Waals surface area contributed by atoms with Gasteiger partial charge < -0.3 is 4.74 Å². The van der Waals surface area contributed by atoms with E-state index in [2.05, 4.69) is 4.74 Å². The average Bonchev–Trinajstić information content (AvgIpc) is 2.27. The van der Waals surface area contributed by atoms with Gasteiger partial charge in [-0.2, -0.15) is 0 Å². The van der Waals surface area contributed by atoms with E-state index in [-0.39, 0.29) is 16.5 Å². The first kappa shape index (κ1) is 12.7. The molecule has 0 aliphatic heterocycles. The van der Waals surface area contributed by atoms with Gasteiger partial charge in [0.1, 0.15) is 0 Å². The topological polar surface area (TPSA) is 69.4 Å². The lowest BCUT2D eigenvalue weighted by molar-refractivity contribution is -0.385. The van der Waals surface area contributed by atoms with Gasteiger partial charge in [-0.25, -0.2) is 4.79 Å². The third kappa shape index (κ3) is 2.25. The quantitative estimate of drug-likeness (QED) is 0.364. The molecule has 0 atom stereocenters. The molecule has 0 radical (unpaired) electrons. The highest BCUT2D eigenvalue weighted by Gasteiger charge is 2.26. The minimum absolute atomic E-state index is 0.0453. The lowest BCUT2D eigenvalue weighted by atomic mass is 10.1. The standard InChI is InChI=1S/C9H7Cl2NO4/c1-16-9(13)7-6(12(14)15)3-2-5(4-10)8(7)11/h2-3H,4H2,1H3. The van der Waals surface area contributed by atoms with Crippen LogP contribution in [0.3, 0.4) is 0 Å². The summed E-state index contributed by atoms with van der Waals surface area (Å²) in [6, 6.07) is 2.58. The van der Waals surface area contributed by atoms with E-state index in [4.69, 9.17) is 23.2 Å². The van der Waals surface area contributed by atoms with Gasteiger partial charge >= 0.3 is 5.97 Å². The molecule has 0 unspecified atom stereocenters. The lowest BCUT2D eigenvalue weighted by Crippen LogP contribution is -2.07. The fraction of sp³-hybridized carbons (Fsp3) is 0.222. The predicted octanol–water partition coefficient (Wildman–Crippen LogP) is 2.77. The Balaban J connectivity index is 3.48. The van der Waals surface area contributed by atoms with Crippen molar-refractivity contribution in [3.8, 4) is 0 Å². The van der Waals surface area contributed by atoms with E-state index in [0.29, 0.717) is 5.56 Å². The van der Waals surface area contributed by atoms with Crippen molar-refractivity contribution in [1.82, 2.24) is 0 Å². The number of alkyl halides is 1. The molecule has 1 rings (SSSR count). The number of carbonyl (C=O) groups excluding carboxylic acids is 1. The van der Waals surface area contributed by atoms with Gasteiger partial charge in [-0.3, -0.25) is 10.1 Å². The van der Waals surface area contributed by atoms with Gasteiger partial charge in [-0.15, -0.1) is 11.6 Å². The number of rotatable bonds is 3. The molecule has 0 heterocycles. The van der Waals surface area contributed by atoms with Crippen LogP contribution < -0.4 is 0 Å². The van der Waals surface area contributed by atoms with Crippen LogP contribution >= 0.6 is 23.2 Å². The highest BCUT2D eigenvalue weighted by atomic mass is 35.5. The number of nitro groups is 1. The molecular formula is C9H7Cl2NO4. The van der Waals surface area contributed by atoms with E-state index in [1.54, 1.807) is 0 Å². The molecule has 0 N–H and O–H groups in total. The summed E-state index contributed by atoms with van der Waals surface area (Å²) in [4.78, 5) is 21.4. The maximum Gasteiger partial charge on any atom is 0.346 e. The Bertz CT molecular complexity index is 447. The van der Waals surface area contributed by atoms with E-state index < -0.39 is 16.6 Å². The maximum absolute atomic E-state index is 11.4. The number of methoxy groups -OCH3 is 1. The van der Waals surface area contributed by atoms with Crippen molar-refractivity contribution in [2.24, 2.45) is 0 Å². The second-order valence-corrected chi connectivity index (χ2v) is 3.46. The van der Waals surface area contributed by atoms with Crippen molar-refractivity contribution in [1.29, 1.82) is 0 Å². The Labute approximate surface area is 101 Å². The molecule has 1 aromatic rings. The van der Waals surface area contributed by atoms with Crippen LogP contribution in [0.1, 0.15) is 15.9 Å². The molecule has 0 aliphatic carbocycles. The zero-order valence-corrected chi connectivity index (χ0v) is 9.71. The van der Waals surface area contributed by atoms with Crippen LogP contribution in [-0.2, 0) is 10.6 Å². The molecule has 7 heteroatoms. The third-order valence-corrected chi connectivity index (χ3v) is 2.65. The molecule has 0 aromatic heterocycles. The number of halogens is 2. The van der Waals surface area contributed by atoms with E-state index in [1.165, 1.54) is 12.1 Å². The molecule has 16 heavy (non-hydrogen) atoms. The highest BCUT2D eigenvalue weighted by molar-refractivity contribution is 6.35. The fourth-order valence-electron chi connectivity index (χ4n) is 1.16. The second-order valence-electron chi connectivity index (χ2n) is 2.82. The summed E-state index contributed by atoms with van der Waals surface area (Å²) in [5, 5.41) is 10.7. The van der Waals surface area contributed by atoms with Crippen LogP contribution in [0.2, 0.25) is 5.02 Å². The van der Waals surface area contributed by atoms with E-state index in [9.17, 15) is 14.9 Å². The summed E-state index contributed by atoms with van der Waals surface area (Å²) in [5.74, 6) is -0.801. The number of benzene rings is 1. The summed E-state index contributed by atoms with van der Waals surface area (Å²) in [6.45, 7) is 0. The lowest BCUT2D eigenvalue weighted by Gasteiger charge is -2.06. The monoisotopic (exact) mass is 263 g/mol. The first-order valence-corrected chi connectivity index (χ1v) is 5.04. The molecule has 1 aromatic carbocycles. The van der Waals surface area contributed by atoms with Gasteiger partial charge in [-0.05, 0) is 11.6 Å².